The second kappa shape index (κ2) is 11.6. The van der Waals surface area contributed by atoms with Crippen molar-refractivity contribution in [1.82, 2.24) is 25.4 Å². The van der Waals surface area contributed by atoms with Gasteiger partial charge in [0.15, 0.2) is 11.6 Å². The van der Waals surface area contributed by atoms with Crippen LogP contribution in [0.4, 0.5) is 13.2 Å². The van der Waals surface area contributed by atoms with Gasteiger partial charge in [0.1, 0.15) is 5.82 Å². The maximum absolute atomic E-state index is 13.9. The van der Waals surface area contributed by atoms with Crippen molar-refractivity contribution >= 4 is 23.2 Å². The molecule has 1 N–H and O–H groups in total. The SMILES string of the molecule is Cc1nnc(-c2c(CCc3ccc(F)cc3)nc3c(c2-c2ccc(C(=O)NCc4ccc(F)c(F)c4)s2)C(=O)N2CCC[C@H]32)o1. The Morgan fingerprint density at radius 2 is 1.78 bits per heavy atom. The van der Waals surface area contributed by atoms with Crippen molar-refractivity contribution in [2.45, 2.75) is 45.2 Å². The third kappa shape index (κ3) is 5.39. The van der Waals surface area contributed by atoms with E-state index in [1.807, 2.05) is 4.90 Å². The summed E-state index contributed by atoms with van der Waals surface area (Å²) in [5.74, 6) is -2.24. The first-order valence-electron chi connectivity index (χ1n) is 14.5. The zero-order valence-electron chi connectivity index (χ0n) is 24.1. The molecule has 228 valence electrons. The molecular weight excluding hydrogens is 603 g/mol. The number of hydrogen-bond acceptors (Lipinski definition) is 7. The highest BCUT2D eigenvalue weighted by Gasteiger charge is 2.44. The number of aromatic nitrogens is 3. The molecule has 0 saturated carbocycles. The molecule has 1 saturated heterocycles. The lowest BCUT2D eigenvalue weighted by molar-refractivity contribution is 0.0776. The fourth-order valence-electron chi connectivity index (χ4n) is 6.03. The summed E-state index contributed by atoms with van der Waals surface area (Å²) in [6.07, 6.45) is 2.68. The topological polar surface area (TPSA) is 101 Å². The molecule has 8 nitrogen and oxygen atoms in total. The van der Waals surface area contributed by atoms with Crippen molar-refractivity contribution in [3.63, 3.8) is 0 Å². The second-order valence-corrected chi connectivity index (χ2v) is 12.2. The van der Waals surface area contributed by atoms with Crippen LogP contribution in [0.2, 0.25) is 0 Å². The number of fused-ring (bicyclic) bond motifs is 3. The summed E-state index contributed by atoms with van der Waals surface area (Å²) in [6, 6.07) is 13.0. The molecule has 45 heavy (non-hydrogen) atoms. The number of amides is 2. The summed E-state index contributed by atoms with van der Waals surface area (Å²) in [6.45, 7) is 2.31. The number of thiophene rings is 1. The largest absolute Gasteiger partial charge is 0.421 e. The maximum atomic E-state index is 13.9. The lowest BCUT2D eigenvalue weighted by Gasteiger charge is -2.16. The van der Waals surface area contributed by atoms with Crippen molar-refractivity contribution in [2.24, 2.45) is 0 Å². The summed E-state index contributed by atoms with van der Waals surface area (Å²) in [5.41, 5.74) is 4.27. The van der Waals surface area contributed by atoms with Gasteiger partial charge in [0, 0.05) is 30.5 Å². The summed E-state index contributed by atoms with van der Waals surface area (Å²) in [7, 11) is 0. The van der Waals surface area contributed by atoms with Gasteiger partial charge in [-0.05, 0) is 73.2 Å². The number of carbonyl (C=O) groups excluding carboxylic acids is 2. The van der Waals surface area contributed by atoms with Crippen LogP contribution in [0.1, 0.15) is 67.3 Å². The highest BCUT2D eigenvalue weighted by molar-refractivity contribution is 7.17. The zero-order valence-corrected chi connectivity index (χ0v) is 24.9. The van der Waals surface area contributed by atoms with Crippen molar-refractivity contribution in [2.75, 3.05) is 6.54 Å². The van der Waals surface area contributed by atoms with Gasteiger partial charge < -0.3 is 14.6 Å². The average molecular weight is 630 g/mol. The summed E-state index contributed by atoms with van der Waals surface area (Å²) in [4.78, 5) is 35.0. The molecule has 5 aromatic rings. The van der Waals surface area contributed by atoms with E-state index in [1.165, 1.54) is 29.5 Å². The van der Waals surface area contributed by atoms with Gasteiger partial charge in [0.25, 0.3) is 11.8 Å². The Labute approximate surface area is 259 Å². The van der Waals surface area contributed by atoms with E-state index in [4.69, 9.17) is 9.40 Å². The van der Waals surface area contributed by atoms with E-state index in [-0.39, 0.29) is 30.2 Å². The molecule has 1 fully saturated rings. The van der Waals surface area contributed by atoms with E-state index in [1.54, 1.807) is 31.2 Å². The number of rotatable bonds is 8. The van der Waals surface area contributed by atoms with E-state index in [9.17, 15) is 22.8 Å². The van der Waals surface area contributed by atoms with Crippen LogP contribution >= 0.6 is 11.3 Å². The van der Waals surface area contributed by atoms with Crippen LogP contribution in [-0.2, 0) is 19.4 Å². The van der Waals surface area contributed by atoms with Gasteiger partial charge in [0.2, 0.25) is 11.8 Å². The van der Waals surface area contributed by atoms with Crippen LogP contribution in [0.3, 0.4) is 0 Å². The Hall–Kier alpha value is -4.84. The minimum atomic E-state index is -0.990. The standard InChI is InChI=1S/C33H26F3N5O3S/c1-17-39-40-32(44-17)27-23(11-7-18-4-8-20(34)9-5-18)38-30-24-3-2-14-41(24)33(43)29(30)28(27)25-12-13-26(45-25)31(42)37-16-19-6-10-21(35)22(36)15-19/h4-6,8-10,12-13,15,24H,2-3,7,11,14,16H2,1H3,(H,37,42)/t24-/m1/s1. The van der Waals surface area contributed by atoms with Crippen molar-refractivity contribution in [3.8, 4) is 21.9 Å². The monoisotopic (exact) mass is 629 g/mol. The molecule has 1 atom stereocenters. The quantitative estimate of drug-likeness (QED) is 0.208. The second-order valence-electron chi connectivity index (χ2n) is 11.1. The first-order chi connectivity index (χ1) is 21.8. The molecule has 0 spiro atoms. The van der Waals surface area contributed by atoms with E-state index in [2.05, 4.69) is 15.5 Å². The van der Waals surface area contributed by atoms with E-state index < -0.39 is 17.5 Å². The van der Waals surface area contributed by atoms with Crippen LogP contribution in [0.25, 0.3) is 21.9 Å². The predicted molar refractivity (Wildman–Crippen MR) is 160 cm³/mol. The highest BCUT2D eigenvalue weighted by Crippen LogP contribution is 2.49. The fourth-order valence-corrected chi connectivity index (χ4v) is 7.01. The molecule has 0 bridgehead atoms. The maximum Gasteiger partial charge on any atom is 0.261 e. The van der Waals surface area contributed by atoms with Crippen molar-refractivity contribution in [3.05, 3.63) is 111 Å². The van der Waals surface area contributed by atoms with Gasteiger partial charge in [0.05, 0.1) is 33.4 Å². The first-order valence-corrected chi connectivity index (χ1v) is 15.3. The Morgan fingerprint density at radius 3 is 2.53 bits per heavy atom. The molecule has 7 rings (SSSR count). The van der Waals surface area contributed by atoms with Gasteiger partial charge in [-0.1, -0.05) is 18.2 Å². The molecular formula is C33H26F3N5O3S. The molecule has 0 radical (unpaired) electrons. The third-order valence-electron chi connectivity index (χ3n) is 8.16. The number of benzene rings is 2. The number of pyridine rings is 1. The molecule has 2 aliphatic rings. The predicted octanol–water partition coefficient (Wildman–Crippen LogP) is 6.59. The summed E-state index contributed by atoms with van der Waals surface area (Å²) >= 11 is 1.20. The average Bonchev–Trinajstić information content (AvgIpc) is 3.84. The van der Waals surface area contributed by atoms with Crippen LogP contribution in [0.5, 0.6) is 0 Å². The summed E-state index contributed by atoms with van der Waals surface area (Å²) in [5, 5.41) is 11.1. The molecule has 0 unspecified atom stereocenters. The Morgan fingerprint density at radius 1 is 0.978 bits per heavy atom. The van der Waals surface area contributed by atoms with Gasteiger partial charge in [-0.15, -0.1) is 21.5 Å². The zero-order chi connectivity index (χ0) is 31.2. The van der Waals surface area contributed by atoms with Gasteiger partial charge in [-0.3, -0.25) is 14.6 Å². The number of carbonyl (C=O) groups is 2. The molecule has 2 aromatic carbocycles. The van der Waals surface area contributed by atoms with Crippen molar-refractivity contribution < 1.29 is 27.2 Å². The number of aryl methyl sites for hydroxylation is 3. The minimum absolute atomic E-state index is 0.00307. The highest BCUT2D eigenvalue weighted by atomic mass is 32.1. The summed E-state index contributed by atoms with van der Waals surface area (Å²) < 4.78 is 46.5. The minimum Gasteiger partial charge on any atom is -0.421 e. The van der Waals surface area contributed by atoms with Crippen molar-refractivity contribution in [1.29, 1.82) is 0 Å². The van der Waals surface area contributed by atoms with Crippen LogP contribution in [0.15, 0.2) is 59.0 Å². The van der Waals surface area contributed by atoms with Gasteiger partial charge >= 0.3 is 0 Å². The lowest BCUT2D eigenvalue weighted by atomic mass is 9.93. The van der Waals surface area contributed by atoms with E-state index >= 15 is 0 Å². The Balaban J connectivity index is 1.31. The van der Waals surface area contributed by atoms with Gasteiger partial charge in [-0.25, -0.2) is 13.2 Å². The number of halogens is 3. The van der Waals surface area contributed by atoms with Crippen LogP contribution in [-0.4, -0.2) is 38.4 Å². The van der Waals surface area contributed by atoms with Crippen LogP contribution < -0.4 is 5.32 Å². The molecule has 12 heteroatoms. The van der Waals surface area contributed by atoms with E-state index in [0.717, 1.165) is 30.5 Å². The molecule has 3 aromatic heterocycles. The number of nitrogens with zero attached hydrogens (tertiary/aromatic N) is 4. The fraction of sp³-hybridized carbons (Fsp3) is 0.242. The Kier molecular flexibility index (Phi) is 7.44. The molecule has 2 aliphatic heterocycles. The molecule has 5 heterocycles. The third-order valence-corrected chi connectivity index (χ3v) is 9.26. The molecule has 0 aliphatic carbocycles. The molecule has 2 amide bonds. The normalized spacial score (nSPS) is 15.4. The number of nitrogens with one attached hydrogen (secondary N) is 1. The Bertz CT molecular complexity index is 1960. The van der Waals surface area contributed by atoms with Crippen LogP contribution in [0, 0.1) is 24.4 Å². The number of hydrogen-bond donors (Lipinski definition) is 1. The van der Waals surface area contributed by atoms with E-state index in [0.29, 0.717) is 68.7 Å². The smallest absolute Gasteiger partial charge is 0.261 e. The first kappa shape index (κ1) is 28.9. The lowest BCUT2D eigenvalue weighted by Crippen LogP contribution is -2.23. The van der Waals surface area contributed by atoms with Gasteiger partial charge in [-0.2, -0.15) is 0 Å².